The van der Waals surface area contributed by atoms with Crippen molar-refractivity contribution in [3.63, 3.8) is 0 Å². The maximum Gasteiger partial charge on any atom is 0.213 e. The molecule has 5 heteroatoms. The molecular formula is C14H14O4S. The Hall–Kier alpha value is -2.01. The van der Waals surface area contributed by atoms with Crippen LogP contribution in [0.3, 0.4) is 0 Å². The first-order valence-corrected chi connectivity index (χ1v) is 7.10. The van der Waals surface area contributed by atoms with Crippen LogP contribution in [-0.4, -0.2) is 22.6 Å². The van der Waals surface area contributed by atoms with Crippen molar-refractivity contribution < 1.29 is 17.9 Å². The monoisotopic (exact) mass is 278 g/mol. The maximum absolute atomic E-state index is 12.6. The smallest absolute Gasteiger partial charge is 0.213 e. The molecule has 0 fully saturated rings. The number of methoxy groups -OCH3 is 2. The summed E-state index contributed by atoms with van der Waals surface area (Å²) in [6, 6.07) is 13.0. The second kappa shape index (κ2) is 5.32. The third kappa shape index (κ3) is 2.42. The summed E-state index contributed by atoms with van der Waals surface area (Å²) in [7, 11) is -0.792. The number of hydrogen-bond acceptors (Lipinski definition) is 4. The van der Waals surface area contributed by atoms with E-state index in [1.165, 1.54) is 26.4 Å². The third-order valence-corrected chi connectivity index (χ3v) is 4.55. The van der Waals surface area contributed by atoms with E-state index in [4.69, 9.17) is 9.47 Å². The summed E-state index contributed by atoms with van der Waals surface area (Å²) in [5, 5.41) is 0. The lowest BCUT2D eigenvalue weighted by Gasteiger charge is -2.11. The zero-order chi connectivity index (χ0) is 13.9. The molecule has 0 aliphatic rings. The van der Waals surface area contributed by atoms with Gasteiger partial charge in [0.05, 0.1) is 14.2 Å². The molecule has 19 heavy (non-hydrogen) atoms. The Labute approximate surface area is 112 Å². The average Bonchev–Trinajstić information content (AvgIpc) is 2.47. The summed E-state index contributed by atoms with van der Waals surface area (Å²) in [5.74, 6) is 0.627. The van der Waals surface area contributed by atoms with Crippen molar-refractivity contribution in [2.24, 2.45) is 0 Å². The minimum absolute atomic E-state index is 0.127. The van der Waals surface area contributed by atoms with Crippen molar-refractivity contribution in [2.45, 2.75) is 9.79 Å². The SMILES string of the molecule is COc1ccccc1S(=O)(=O)c1ccccc1OC. The van der Waals surface area contributed by atoms with Gasteiger partial charge in [-0.25, -0.2) is 8.42 Å². The largest absolute Gasteiger partial charge is 0.495 e. The van der Waals surface area contributed by atoms with Crippen LogP contribution in [0.1, 0.15) is 0 Å². The zero-order valence-electron chi connectivity index (χ0n) is 10.7. The molecule has 0 aromatic heterocycles. The van der Waals surface area contributed by atoms with Gasteiger partial charge in [0, 0.05) is 0 Å². The van der Waals surface area contributed by atoms with Gasteiger partial charge in [0.25, 0.3) is 0 Å². The summed E-state index contributed by atoms with van der Waals surface area (Å²) in [6.45, 7) is 0. The van der Waals surface area contributed by atoms with E-state index in [9.17, 15) is 8.42 Å². The van der Waals surface area contributed by atoms with Gasteiger partial charge in [-0.3, -0.25) is 0 Å². The Morgan fingerprint density at radius 2 is 1.11 bits per heavy atom. The van der Waals surface area contributed by atoms with Crippen molar-refractivity contribution in [1.29, 1.82) is 0 Å². The van der Waals surface area contributed by atoms with Crippen LogP contribution in [0.2, 0.25) is 0 Å². The van der Waals surface area contributed by atoms with Crippen LogP contribution in [0.25, 0.3) is 0 Å². The van der Waals surface area contributed by atoms with E-state index in [-0.39, 0.29) is 9.79 Å². The number of ether oxygens (including phenoxy) is 2. The lowest BCUT2D eigenvalue weighted by atomic mass is 10.3. The predicted octanol–water partition coefficient (Wildman–Crippen LogP) is 2.54. The molecule has 0 aliphatic heterocycles. The first-order valence-electron chi connectivity index (χ1n) is 5.62. The van der Waals surface area contributed by atoms with Crippen molar-refractivity contribution in [3.05, 3.63) is 48.5 Å². The Kier molecular flexibility index (Phi) is 3.76. The van der Waals surface area contributed by atoms with Crippen molar-refractivity contribution in [2.75, 3.05) is 14.2 Å². The Morgan fingerprint density at radius 3 is 1.47 bits per heavy atom. The summed E-state index contributed by atoms with van der Waals surface area (Å²) >= 11 is 0. The van der Waals surface area contributed by atoms with Crippen molar-refractivity contribution in [1.82, 2.24) is 0 Å². The second-order valence-corrected chi connectivity index (χ2v) is 5.69. The molecule has 0 unspecified atom stereocenters. The van der Waals surface area contributed by atoms with E-state index in [0.29, 0.717) is 11.5 Å². The fourth-order valence-electron chi connectivity index (χ4n) is 1.80. The van der Waals surface area contributed by atoms with Crippen LogP contribution in [-0.2, 0) is 9.84 Å². The number of rotatable bonds is 4. The topological polar surface area (TPSA) is 52.6 Å². The standard InChI is InChI=1S/C14H14O4S/c1-17-11-7-3-5-9-13(11)19(15,16)14-10-6-4-8-12(14)18-2/h3-10H,1-2H3. The fourth-order valence-corrected chi connectivity index (χ4v) is 3.38. The molecule has 0 amide bonds. The number of para-hydroxylation sites is 2. The van der Waals surface area contributed by atoms with Crippen LogP contribution in [0.15, 0.2) is 58.3 Å². The molecule has 0 bridgehead atoms. The highest BCUT2D eigenvalue weighted by Gasteiger charge is 2.24. The molecule has 100 valence electrons. The van der Waals surface area contributed by atoms with E-state index in [1.807, 2.05) is 0 Å². The highest BCUT2D eigenvalue weighted by Crippen LogP contribution is 2.33. The van der Waals surface area contributed by atoms with Crippen molar-refractivity contribution in [3.8, 4) is 11.5 Å². The number of benzene rings is 2. The Morgan fingerprint density at radius 1 is 0.737 bits per heavy atom. The minimum atomic E-state index is -3.67. The predicted molar refractivity (Wildman–Crippen MR) is 71.4 cm³/mol. The first-order chi connectivity index (χ1) is 9.11. The molecule has 0 saturated carbocycles. The Bertz CT molecular complexity index is 624. The molecule has 0 saturated heterocycles. The van der Waals surface area contributed by atoms with E-state index in [2.05, 4.69) is 0 Å². The van der Waals surface area contributed by atoms with E-state index in [1.54, 1.807) is 36.4 Å². The molecule has 2 aromatic carbocycles. The second-order valence-electron chi connectivity index (χ2n) is 3.81. The average molecular weight is 278 g/mol. The summed E-state index contributed by atoms with van der Waals surface area (Å²) in [4.78, 5) is 0.254. The molecule has 2 rings (SSSR count). The van der Waals surface area contributed by atoms with Crippen molar-refractivity contribution >= 4 is 9.84 Å². The van der Waals surface area contributed by atoms with E-state index >= 15 is 0 Å². The summed E-state index contributed by atoms with van der Waals surface area (Å²) < 4.78 is 35.5. The molecule has 2 aromatic rings. The molecule has 4 nitrogen and oxygen atoms in total. The molecule has 0 radical (unpaired) electrons. The highest BCUT2D eigenvalue weighted by molar-refractivity contribution is 7.91. The van der Waals surface area contributed by atoms with Gasteiger partial charge < -0.3 is 9.47 Å². The van der Waals surface area contributed by atoms with Gasteiger partial charge in [-0.2, -0.15) is 0 Å². The molecule has 0 spiro atoms. The minimum Gasteiger partial charge on any atom is -0.495 e. The number of hydrogen-bond donors (Lipinski definition) is 0. The van der Waals surface area contributed by atoms with Gasteiger partial charge >= 0.3 is 0 Å². The van der Waals surface area contributed by atoms with Gasteiger partial charge in [-0.05, 0) is 24.3 Å². The lowest BCUT2D eigenvalue weighted by molar-refractivity contribution is 0.398. The van der Waals surface area contributed by atoms with Crippen LogP contribution >= 0.6 is 0 Å². The molecule has 0 N–H and O–H groups in total. The molecule has 0 atom stereocenters. The molecular weight excluding hydrogens is 264 g/mol. The summed E-state index contributed by atoms with van der Waals surface area (Å²) in [5.41, 5.74) is 0. The van der Waals surface area contributed by atoms with Gasteiger partial charge in [-0.1, -0.05) is 24.3 Å². The normalized spacial score (nSPS) is 11.1. The zero-order valence-corrected chi connectivity index (χ0v) is 11.5. The highest BCUT2D eigenvalue weighted by atomic mass is 32.2. The third-order valence-electron chi connectivity index (χ3n) is 2.72. The van der Waals surface area contributed by atoms with Crippen LogP contribution in [0.5, 0.6) is 11.5 Å². The quantitative estimate of drug-likeness (QED) is 0.862. The number of sulfone groups is 1. The first kappa shape index (κ1) is 13.4. The van der Waals surface area contributed by atoms with Gasteiger partial charge in [0.1, 0.15) is 21.3 Å². The Balaban J connectivity index is 2.66. The molecule has 0 heterocycles. The van der Waals surface area contributed by atoms with E-state index in [0.717, 1.165) is 0 Å². The lowest BCUT2D eigenvalue weighted by Crippen LogP contribution is -2.06. The van der Waals surface area contributed by atoms with E-state index < -0.39 is 9.84 Å². The van der Waals surface area contributed by atoms with Gasteiger partial charge in [0.15, 0.2) is 0 Å². The maximum atomic E-state index is 12.6. The van der Waals surface area contributed by atoms with Gasteiger partial charge in [0.2, 0.25) is 9.84 Å². The van der Waals surface area contributed by atoms with Gasteiger partial charge in [-0.15, -0.1) is 0 Å². The fraction of sp³-hybridized carbons (Fsp3) is 0.143. The van der Waals surface area contributed by atoms with Crippen LogP contribution in [0.4, 0.5) is 0 Å². The summed E-state index contributed by atoms with van der Waals surface area (Å²) in [6.07, 6.45) is 0. The van der Waals surface area contributed by atoms with Crippen LogP contribution < -0.4 is 9.47 Å². The van der Waals surface area contributed by atoms with Crippen LogP contribution in [0, 0.1) is 0 Å². The molecule has 0 aliphatic carbocycles.